The van der Waals surface area contributed by atoms with Crippen LogP contribution in [0.25, 0.3) is 0 Å². The van der Waals surface area contributed by atoms with Crippen LogP contribution in [0.2, 0.25) is 0 Å². The Morgan fingerprint density at radius 2 is 2.15 bits per heavy atom. The van der Waals surface area contributed by atoms with Crippen molar-refractivity contribution in [1.29, 1.82) is 0 Å². The lowest BCUT2D eigenvalue weighted by atomic mass is 9.93. The van der Waals surface area contributed by atoms with Crippen molar-refractivity contribution in [3.05, 3.63) is 38.3 Å². The van der Waals surface area contributed by atoms with Crippen LogP contribution < -0.4 is 5.32 Å². The molecule has 1 saturated carbocycles. The smallest absolute Gasteiger partial charge is 0.270 e. The molecule has 110 valence electrons. The van der Waals surface area contributed by atoms with Crippen molar-refractivity contribution in [2.24, 2.45) is 11.8 Å². The largest absolute Gasteiger partial charge is 0.310 e. The maximum absolute atomic E-state index is 10.9. The molecule has 5 heteroatoms. The molecule has 0 bridgehead atoms. The third-order valence-corrected chi connectivity index (χ3v) is 4.93. The minimum Gasteiger partial charge on any atom is -0.310 e. The van der Waals surface area contributed by atoms with Crippen LogP contribution in [0, 0.1) is 22.0 Å². The van der Waals surface area contributed by atoms with Crippen molar-refractivity contribution in [3.8, 4) is 0 Å². The van der Waals surface area contributed by atoms with Crippen molar-refractivity contribution < 1.29 is 4.92 Å². The number of benzene rings is 1. The molecule has 0 amide bonds. The molecule has 4 nitrogen and oxygen atoms in total. The van der Waals surface area contributed by atoms with Gasteiger partial charge in [0.05, 0.1) is 4.92 Å². The molecular formula is C15H21BrN2O2. The van der Waals surface area contributed by atoms with E-state index in [1.165, 1.54) is 25.3 Å². The van der Waals surface area contributed by atoms with E-state index in [-0.39, 0.29) is 10.6 Å². The second-order valence-electron chi connectivity index (χ2n) is 5.67. The van der Waals surface area contributed by atoms with E-state index in [9.17, 15) is 10.1 Å². The number of nitro groups is 1. The molecule has 1 aromatic rings. The second-order valence-corrected chi connectivity index (χ2v) is 6.58. The minimum absolute atomic E-state index is 0.141. The Bertz CT molecular complexity index is 493. The molecule has 1 aliphatic carbocycles. The van der Waals surface area contributed by atoms with Gasteiger partial charge in [0.15, 0.2) is 0 Å². The summed E-state index contributed by atoms with van der Waals surface area (Å²) < 4.78 is 0.759. The van der Waals surface area contributed by atoms with Crippen molar-refractivity contribution in [1.82, 2.24) is 5.32 Å². The van der Waals surface area contributed by atoms with Gasteiger partial charge < -0.3 is 5.32 Å². The van der Waals surface area contributed by atoms with E-state index in [4.69, 9.17) is 0 Å². The van der Waals surface area contributed by atoms with Gasteiger partial charge in [-0.15, -0.1) is 0 Å². The van der Waals surface area contributed by atoms with Crippen LogP contribution in [0.1, 0.15) is 38.7 Å². The molecular weight excluding hydrogens is 320 g/mol. The zero-order valence-corrected chi connectivity index (χ0v) is 13.5. The molecule has 0 aliphatic heterocycles. The fraction of sp³-hybridized carbons (Fsp3) is 0.600. The van der Waals surface area contributed by atoms with Gasteiger partial charge >= 0.3 is 0 Å². The first kappa shape index (κ1) is 15.4. The Balaban J connectivity index is 1.99. The number of non-ortho nitro benzene ring substituents is 1. The van der Waals surface area contributed by atoms with Gasteiger partial charge in [0.2, 0.25) is 0 Å². The van der Waals surface area contributed by atoms with Crippen LogP contribution >= 0.6 is 15.9 Å². The van der Waals surface area contributed by atoms with Gasteiger partial charge in [-0.3, -0.25) is 10.1 Å². The molecule has 3 unspecified atom stereocenters. The van der Waals surface area contributed by atoms with Gasteiger partial charge in [-0.1, -0.05) is 36.2 Å². The van der Waals surface area contributed by atoms with Gasteiger partial charge in [-0.05, 0) is 36.3 Å². The van der Waals surface area contributed by atoms with Gasteiger partial charge in [0.25, 0.3) is 5.69 Å². The highest BCUT2D eigenvalue weighted by atomic mass is 79.9. The maximum Gasteiger partial charge on any atom is 0.270 e. The van der Waals surface area contributed by atoms with E-state index in [2.05, 4.69) is 35.1 Å². The van der Waals surface area contributed by atoms with Gasteiger partial charge in [-0.2, -0.15) is 0 Å². The topological polar surface area (TPSA) is 55.2 Å². The highest BCUT2D eigenvalue weighted by molar-refractivity contribution is 9.10. The summed E-state index contributed by atoms with van der Waals surface area (Å²) in [5.41, 5.74) is 1.10. The first-order valence-electron chi connectivity index (χ1n) is 7.18. The highest BCUT2D eigenvalue weighted by Gasteiger charge is 2.30. The summed E-state index contributed by atoms with van der Waals surface area (Å²) in [4.78, 5) is 10.5. The zero-order chi connectivity index (χ0) is 14.7. The summed E-state index contributed by atoms with van der Waals surface area (Å²) in [6.07, 6.45) is 3.73. The molecule has 2 rings (SSSR count). The van der Waals surface area contributed by atoms with Crippen LogP contribution in [-0.2, 0) is 6.54 Å². The number of halogens is 1. The lowest BCUT2D eigenvalue weighted by Crippen LogP contribution is -2.32. The Kier molecular flexibility index (Phi) is 5.16. The van der Waals surface area contributed by atoms with Crippen LogP contribution in [0.3, 0.4) is 0 Å². The van der Waals surface area contributed by atoms with E-state index in [0.717, 1.165) is 16.0 Å². The second kappa shape index (κ2) is 6.68. The van der Waals surface area contributed by atoms with Crippen LogP contribution in [0.15, 0.2) is 22.7 Å². The Hall–Kier alpha value is -0.940. The van der Waals surface area contributed by atoms with Crippen molar-refractivity contribution in [2.75, 3.05) is 0 Å². The number of rotatable bonds is 5. The van der Waals surface area contributed by atoms with Crippen molar-refractivity contribution in [2.45, 2.75) is 45.7 Å². The molecule has 0 spiro atoms. The average molecular weight is 341 g/mol. The molecule has 0 heterocycles. The molecule has 20 heavy (non-hydrogen) atoms. The molecule has 1 N–H and O–H groups in total. The number of hydrogen-bond donors (Lipinski definition) is 1. The van der Waals surface area contributed by atoms with Gasteiger partial charge in [0, 0.05) is 29.2 Å². The summed E-state index contributed by atoms with van der Waals surface area (Å²) in [6.45, 7) is 5.25. The van der Waals surface area contributed by atoms with Crippen LogP contribution in [0.5, 0.6) is 0 Å². The van der Waals surface area contributed by atoms with Crippen molar-refractivity contribution in [3.63, 3.8) is 0 Å². The lowest BCUT2D eigenvalue weighted by molar-refractivity contribution is -0.385. The van der Waals surface area contributed by atoms with E-state index in [1.54, 1.807) is 6.07 Å². The molecule has 3 atom stereocenters. The Morgan fingerprint density at radius 3 is 2.75 bits per heavy atom. The minimum atomic E-state index is -0.348. The summed E-state index contributed by atoms with van der Waals surface area (Å²) in [6, 6.07) is 5.65. The summed E-state index contributed by atoms with van der Waals surface area (Å²) in [5, 5.41) is 14.4. The summed E-state index contributed by atoms with van der Waals surface area (Å²) in [7, 11) is 0. The first-order valence-corrected chi connectivity index (χ1v) is 7.97. The van der Waals surface area contributed by atoms with E-state index < -0.39 is 0 Å². The SMILES string of the molecule is CCC1CCC(NCc2cc(Br)cc([N+](=O)[O-])c2)C1C. The number of hydrogen-bond acceptors (Lipinski definition) is 3. The summed E-state index contributed by atoms with van der Waals surface area (Å²) >= 11 is 3.34. The lowest BCUT2D eigenvalue weighted by Gasteiger charge is -2.21. The monoisotopic (exact) mass is 340 g/mol. The molecule has 1 fully saturated rings. The molecule has 0 aromatic heterocycles. The third kappa shape index (κ3) is 3.58. The fourth-order valence-corrected chi connectivity index (χ4v) is 3.73. The predicted molar refractivity (Wildman–Crippen MR) is 83.6 cm³/mol. The van der Waals surface area contributed by atoms with Crippen LogP contribution in [0.4, 0.5) is 5.69 Å². The van der Waals surface area contributed by atoms with E-state index >= 15 is 0 Å². The highest BCUT2D eigenvalue weighted by Crippen LogP contribution is 2.34. The number of nitrogens with one attached hydrogen (secondary N) is 1. The predicted octanol–water partition coefficient (Wildman–Crippen LogP) is 4.27. The number of nitro benzene ring substituents is 1. The maximum atomic E-state index is 10.9. The van der Waals surface area contributed by atoms with Gasteiger partial charge in [-0.25, -0.2) is 0 Å². The quantitative estimate of drug-likeness (QED) is 0.643. The fourth-order valence-electron chi connectivity index (χ4n) is 3.20. The van der Waals surface area contributed by atoms with E-state index in [1.807, 2.05) is 6.07 Å². The Labute approximate surface area is 128 Å². The summed E-state index contributed by atoms with van der Waals surface area (Å²) in [5.74, 6) is 1.49. The van der Waals surface area contributed by atoms with Crippen molar-refractivity contribution >= 4 is 21.6 Å². The third-order valence-electron chi connectivity index (χ3n) is 4.47. The van der Waals surface area contributed by atoms with Gasteiger partial charge in [0.1, 0.15) is 0 Å². The normalized spacial score (nSPS) is 25.9. The average Bonchev–Trinajstić information content (AvgIpc) is 2.76. The number of nitrogens with zero attached hydrogens (tertiary/aromatic N) is 1. The molecule has 1 aromatic carbocycles. The molecule has 1 aliphatic rings. The Morgan fingerprint density at radius 1 is 1.40 bits per heavy atom. The molecule has 0 saturated heterocycles. The zero-order valence-electron chi connectivity index (χ0n) is 11.9. The first-order chi connectivity index (χ1) is 9.51. The van der Waals surface area contributed by atoms with E-state index in [0.29, 0.717) is 18.5 Å². The van der Waals surface area contributed by atoms with Crippen LogP contribution in [-0.4, -0.2) is 11.0 Å². The molecule has 0 radical (unpaired) electrons. The standard InChI is InChI=1S/C15H21BrN2O2/c1-3-12-4-5-15(10(12)2)17-9-11-6-13(16)8-14(7-11)18(19)20/h6-8,10,12,15,17H,3-5,9H2,1-2H3.